The van der Waals surface area contributed by atoms with Crippen molar-refractivity contribution in [1.82, 2.24) is 15.3 Å². The average molecular weight is 511 g/mol. The molecule has 2 aromatic rings. The van der Waals surface area contributed by atoms with Crippen molar-refractivity contribution in [2.75, 3.05) is 63.2 Å². The quantitative estimate of drug-likeness (QED) is 0.204. The molecule has 37 heavy (non-hydrogen) atoms. The van der Waals surface area contributed by atoms with E-state index in [1.54, 1.807) is 0 Å². The van der Waals surface area contributed by atoms with Crippen LogP contribution in [0, 0.1) is 0 Å². The standard InChI is InChI=1S/C28H42N6O3/c1-4-22-19-25(13-14-34(22)20-27(35)37-26-11-9-23(10-12-26)31(2)3)33-17-15-32(16-18-33)24-7-5-21(6-8-24)28(29)30-36/h5-12,22,25,28,30,36H,4,13-20,29H2,1-3H3. The SMILES string of the molecule is CCC1CC(N2CCN(c3ccc(C(N)NO)cc3)CC2)CCN1CC(=O)Oc1ccc(N(C)C)cc1. The van der Waals surface area contributed by atoms with E-state index in [0.717, 1.165) is 63.2 Å². The lowest BCUT2D eigenvalue weighted by Gasteiger charge is -2.46. The molecule has 2 saturated heterocycles. The predicted molar refractivity (Wildman–Crippen MR) is 147 cm³/mol. The summed E-state index contributed by atoms with van der Waals surface area (Å²) >= 11 is 0. The zero-order chi connectivity index (χ0) is 26.4. The Bertz CT molecular complexity index is 992. The predicted octanol–water partition coefficient (Wildman–Crippen LogP) is 2.66. The number of nitrogens with two attached hydrogens (primary N) is 1. The van der Waals surface area contributed by atoms with Crippen molar-refractivity contribution >= 4 is 17.3 Å². The minimum atomic E-state index is -0.570. The Balaban J connectivity index is 1.25. The van der Waals surface area contributed by atoms with Gasteiger partial charge in [0.2, 0.25) is 0 Å². The van der Waals surface area contributed by atoms with Crippen LogP contribution in [0.3, 0.4) is 0 Å². The third-order valence-corrected chi connectivity index (χ3v) is 7.79. The minimum Gasteiger partial charge on any atom is -0.426 e. The molecule has 9 nitrogen and oxygen atoms in total. The van der Waals surface area contributed by atoms with Gasteiger partial charge in [0.25, 0.3) is 0 Å². The second-order valence-corrected chi connectivity index (χ2v) is 10.3. The van der Waals surface area contributed by atoms with Crippen LogP contribution >= 0.6 is 0 Å². The Labute approximate surface area is 220 Å². The van der Waals surface area contributed by atoms with Crippen LogP contribution < -0.4 is 25.8 Å². The number of anilines is 2. The first-order chi connectivity index (χ1) is 17.9. The lowest BCUT2D eigenvalue weighted by atomic mass is 9.93. The van der Waals surface area contributed by atoms with E-state index in [1.165, 1.54) is 5.69 Å². The molecular formula is C28H42N6O3. The van der Waals surface area contributed by atoms with Crippen LogP contribution in [0.2, 0.25) is 0 Å². The van der Waals surface area contributed by atoms with Crippen molar-refractivity contribution in [2.24, 2.45) is 5.73 Å². The molecule has 9 heteroatoms. The molecule has 4 rings (SSSR count). The van der Waals surface area contributed by atoms with Crippen molar-refractivity contribution < 1.29 is 14.7 Å². The molecule has 202 valence electrons. The van der Waals surface area contributed by atoms with Crippen LogP contribution in [-0.2, 0) is 4.79 Å². The fraction of sp³-hybridized carbons (Fsp3) is 0.536. The number of likely N-dealkylation sites (tertiary alicyclic amines) is 1. The number of hydroxylamine groups is 1. The zero-order valence-corrected chi connectivity index (χ0v) is 22.3. The first-order valence-corrected chi connectivity index (χ1v) is 13.3. The van der Waals surface area contributed by atoms with Crippen molar-refractivity contribution in [1.29, 1.82) is 0 Å². The number of nitrogens with one attached hydrogen (secondary N) is 1. The van der Waals surface area contributed by atoms with Gasteiger partial charge >= 0.3 is 5.97 Å². The molecule has 0 aliphatic carbocycles. The molecule has 2 heterocycles. The minimum absolute atomic E-state index is 0.190. The fourth-order valence-electron chi connectivity index (χ4n) is 5.50. The molecule has 3 atom stereocenters. The van der Waals surface area contributed by atoms with E-state index in [2.05, 4.69) is 39.2 Å². The molecule has 0 spiro atoms. The summed E-state index contributed by atoms with van der Waals surface area (Å²) in [6.45, 7) is 7.50. The summed E-state index contributed by atoms with van der Waals surface area (Å²) in [6.07, 6.45) is 2.61. The lowest BCUT2D eigenvalue weighted by Crippen LogP contribution is -2.56. The van der Waals surface area contributed by atoms with E-state index in [9.17, 15) is 4.79 Å². The highest BCUT2D eigenvalue weighted by Crippen LogP contribution is 2.27. The van der Waals surface area contributed by atoms with Crippen molar-refractivity contribution in [2.45, 2.75) is 44.4 Å². The van der Waals surface area contributed by atoms with Gasteiger partial charge in [0.05, 0.1) is 6.54 Å². The normalized spacial score (nSPS) is 22.0. The van der Waals surface area contributed by atoms with Gasteiger partial charge in [0.15, 0.2) is 0 Å². The molecular weight excluding hydrogens is 468 g/mol. The van der Waals surface area contributed by atoms with Crippen LogP contribution in [0.4, 0.5) is 11.4 Å². The first kappa shape index (κ1) is 27.3. The lowest BCUT2D eigenvalue weighted by molar-refractivity contribution is -0.137. The molecule has 4 N–H and O–H groups in total. The summed E-state index contributed by atoms with van der Waals surface area (Å²) in [5.41, 5.74) is 11.0. The Hall–Kier alpha value is -2.69. The van der Waals surface area contributed by atoms with E-state index < -0.39 is 6.17 Å². The Morgan fingerprint density at radius 1 is 1.08 bits per heavy atom. The number of benzene rings is 2. The summed E-state index contributed by atoms with van der Waals surface area (Å²) < 4.78 is 5.63. The van der Waals surface area contributed by atoms with Crippen LogP contribution in [0.25, 0.3) is 0 Å². The van der Waals surface area contributed by atoms with E-state index in [1.807, 2.05) is 55.4 Å². The molecule has 3 unspecified atom stereocenters. The third-order valence-electron chi connectivity index (χ3n) is 7.79. The summed E-state index contributed by atoms with van der Waals surface area (Å²) in [5.74, 6) is 0.406. The smallest absolute Gasteiger partial charge is 0.325 e. The average Bonchev–Trinajstić information content (AvgIpc) is 2.93. The van der Waals surface area contributed by atoms with Crippen LogP contribution in [0.5, 0.6) is 5.75 Å². The zero-order valence-electron chi connectivity index (χ0n) is 22.3. The van der Waals surface area contributed by atoms with Gasteiger partial charge in [0.1, 0.15) is 11.9 Å². The van der Waals surface area contributed by atoms with Crippen molar-refractivity contribution in [3.05, 3.63) is 54.1 Å². The molecule has 0 radical (unpaired) electrons. The fourth-order valence-corrected chi connectivity index (χ4v) is 5.50. The van der Waals surface area contributed by atoms with Gasteiger partial charge in [-0.2, -0.15) is 5.48 Å². The molecule has 0 bridgehead atoms. The summed E-state index contributed by atoms with van der Waals surface area (Å²) in [7, 11) is 3.98. The molecule has 2 aliphatic rings. The number of esters is 1. The largest absolute Gasteiger partial charge is 0.426 e. The van der Waals surface area contributed by atoms with Gasteiger partial charge in [-0.25, -0.2) is 0 Å². The van der Waals surface area contributed by atoms with Gasteiger partial charge in [-0.05, 0) is 61.2 Å². The molecule has 2 fully saturated rings. The second kappa shape index (κ2) is 12.7. The maximum Gasteiger partial charge on any atom is 0.325 e. The first-order valence-electron chi connectivity index (χ1n) is 13.3. The van der Waals surface area contributed by atoms with Gasteiger partial charge in [0, 0.05) is 70.3 Å². The van der Waals surface area contributed by atoms with Gasteiger partial charge in [-0.15, -0.1) is 0 Å². The number of piperazine rings is 1. The third kappa shape index (κ3) is 7.00. The van der Waals surface area contributed by atoms with Gasteiger partial charge < -0.3 is 25.5 Å². The Morgan fingerprint density at radius 3 is 2.35 bits per heavy atom. The maximum absolute atomic E-state index is 12.7. The monoisotopic (exact) mass is 510 g/mol. The van der Waals surface area contributed by atoms with Crippen molar-refractivity contribution in [3.63, 3.8) is 0 Å². The number of ether oxygens (including phenoxy) is 1. The van der Waals surface area contributed by atoms with Gasteiger partial charge in [-0.3, -0.25) is 14.6 Å². The molecule has 2 aliphatic heterocycles. The Morgan fingerprint density at radius 2 is 1.76 bits per heavy atom. The maximum atomic E-state index is 12.7. The number of carbonyl (C=O) groups excluding carboxylic acids is 1. The van der Waals surface area contributed by atoms with E-state index >= 15 is 0 Å². The van der Waals surface area contributed by atoms with Crippen LogP contribution in [0.15, 0.2) is 48.5 Å². The van der Waals surface area contributed by atoms with Crippen LogP contribution in [0.1, 0.15) is 37.9 Å². The Kier molecular flexibility index (Phi) is 9.39. The molecule has 2 aromatic carbocycles. The molecule has 0 amide bonds. The highest BCUT2D eigenvalue weighted by molar-refractivity contribution is 5.74. The van der Waals surface area contributed by atoms with Gasteiger partial charge in [-0.1, -0.05) is 19.1 Å². The molecule has 0 aromatic heterocycles. The number of rotatable bonds is 9. The number of carbonyl (C=O) groups is 1. The highest BCUT2D eigenvalue weighted by atomic mass is 16.5. The second-order valence-electron chi connectivity index (χ2n) is 10.3. The summed E-state index contributed by atoms with van der Waals surface area (Å²) in [4.78, 5) is 22.0. The molecule has 0 saturated carbocycles. The van der Waals surface area contributed by atoms with Crippen molar-refractivity contribution in [3.8, 4) is 5.75 Å². The topological polar surface area (TPSA) is 97.5 Å². The number of piperidine rings is 1. The highest BCUT2D eigenvalue weighted by Gasteiger charge is 2.33. The summed E-state index contributed by atoms with van der Waals surface area (Å²) in [6, 6.07) is 16.6. The van der Waals surface area contributed by atoms with E-state index in [-0.39, 0.29) is 5.97 Å². The number of hydrogen-bond acceptors (Lipinski definition) is 9. The van der Waals surface area contributed by atoms with E-state index in [0.29, 0.717) is 24.4 Å². The number of nitrogens with zero attached hydrogens (tertiary/aromatic N) is 4. The summed E-state index contributed by atoms with van der Waals surface area (Å²) in [5, 5.41) is 9.02. The van der Waals surface area contributed by atoms with Crippen LogP contribution in [-0.4, -0.2) is 86.4 Å². The number of hydrogen-bond donors (Lipinski definition) is 3. The van der Waals surface area contributed by atoms with E-state index in [4.69, 9.17) is 15.7 Å².